The van der Waals surface area contributed by atoms with Crippen molar-refractivity contribution in [1.29, 1.82) is 0 Å². The van der Waals surface area contributed by atoms with Crippen LogP contribution in [0, 0.1) is 0 Å². The number of benzene rings is 2. The Hall–Kier alpha value is -1.09. The second-order valence-electron chi connectivity index (χ2n) is 7.69. The molecule has 0 saturated heterocycles. The van der Waals surface area contributed by atoms with E-state index in [1.54, 1.807) is 0 Å². The Morgan fingerprint density at radius 3 is 1.76 bits per heavy atom. The van der Waals surface area contributed by atoms with E-state index in [1.807, 2.05) is 0 Å². The molecule has 2 rings (SSSR count). The van der Waals surface area contributed by atoms with Gasteiger partial charge in [-0.1, -0.05) is 113 Å². The van der Waals surface area contributed by atoms with Gasteiger partial charge in [0.15, 0.2) is 0 Å². The monoisotopic (exact) mass is 374 g/mol. The summed E-state index contributed by atoms with van der Waals surface area (Å²) in [5.41, 5.74) is -0.252. The van der Waals surface area contributed by atoms with E-state index >= 15 is 0 Å². The lowest BCUT2D eigenvalue weighted by Gasteiger charge is -2.44. The second-order valence-corrected chi connectivity index (χ2v) is 12.4. The molecule has 0 aliphatic rings. The third kappa shape index (κ3) is 4.75. The van der Waals surface area contributed by atoms with Gasteiger partial charge in [0.1, 0.15) is 5.56 Å². The zero-order valence-corrected chi connectivity index (χ0v) is 17.7. The summed E-state index contributed by atoms with van der Waals surface area (Å²) < 4.78 is 6.83. The topological polar surface area (TPSA) is 9.23 Å². The lowest BCUT2D eigenvalue weighted by molar-refractivity contribution is 0.248. The molecular formula is C22H31ClOSi. The minimum absolute atomic E-state index is 0.0202. The Morgan fingerprint density at radius 1 is 0.880 bits per heavy atom. The summed E-state index contributed by atoms with van der Waals surface area (Å²) in [6, 6.07) is 21.4. The summed E-state index contributed by atoms with van der Waals surface area (Å²) >= 11 is 6.72. The number of halogens is 1. The predicted octanol–water partition coefficient (Wildman–Crippen LogP) is 5.71. The Bertz CT molecular complexity index is 582. The first-order valence-corrected chi connectivity index (χ1v) is 11.7. The first kappa shape index (κ1) is 20.2. The summed E-state index contributed by atoms with van der Waals surface area (Å²) in [7, 11) is -2.50. The van der Waals surface area contributed by atoms with Gasteiger partial charge >= 0.3 is 0 Å². The average Bonchev–Trinajstić information content (AvgIpc) is 2.60. The number of hydrogen-bond donors (Lipinski definition) is 0. The highest BCUT2D eigenvalue weighted by molar-refractivity contribution is 6.99. The van der Waals surface area contributed by atoms with Gasteiger partial charge in [0.05, 0.1) is 0 Å². The van der Waals surface area contributed by atoms with Crippen LogP contribution in [0.1, 0.15) is 53.4 Å². The Balaban J connectivity index is 2.49. The van der Waals surface area contributed by atoms with Crippen LogP contribution in [-0.2, 0) is 4.43 Å². The van der Waals surface area contributed by atoms with Crippen LogP contribution in [0.2, 0.25) is 5.04 Å². The molecule has 25 heavy (non-hydrogen) atoms. The quantitative estimate of drug-likeness (QED) is 0.326. The highest BCUT2D eigenvalue weighted by Gasteiger charge is 2.51. The molecular weight excluding hydrogens is 344 g/mol. The molecule has 0 amide bonds. The van der Waals surface area contributed by atoms with Crippen molar-refractivity contribution in [3.63, 3.8) is 0 Å². The molecule has 3 heteroatoms. The van der Waals surface area contributed by atoms with Crippen molar-refractivity contribution in [3.8, 4) is 0 Å². The Kier molecular flexibility index (Phi) is 7.30. The van der Waals surface area contributed by atoms with Crippen molar-refractivity contribution in [2.24, 2.45) is 0 Å². The molecule has 1 nitrogen and oxygen atoms in total. The van der Waals surface area contributed by atoms with Gasteiger partial charge in [-0.2, -0.15) is 0 Å². The van der Waals surface area contributed by atoms with Crippen molar-refractivity contribution in [2.45, 2.75) is 64.0 Å². The maximum atomic E-state index is 6.83. The van der Waals surface area contributed by atoms with Crippen LogP contribution in [0.3, 0.4) is 0 Å². The van der Waals surface area contributed by atoms with Gasteiger partial charge in [-0.15, -0.1) is 0 Å². The van der Waals surface area contributed by atoms with Gasteiger partial charge in [-0.3, -0.25) is 0 Å². The predicted molar refractivity (Wildman–Crippen MR) is 112 cm³/mol. The van der Waals surface area contributed by atoms with Gasteiger partial charge in [0.2, 0.25) is 0 Å². The normalized spacial score (nSPS) is 13.6. The van der Waals surface area contributed by atoms with Crippen molar-refractivity contribution < 1.29 is 4.43 Å². The van der Waals surface area contributed by atoms with Gasteiger partial charge in [0.25, 0.3) is 8.32 Å². The number of unbranched alkanes of at least 4 members (excludes halogenated alkanes) is 2. The molecule has 0 aliphatic heterocycles. The van der Waals surface area contributed by atoms with Crippen LogP contribution in [0.15, 0.2) is 60.7 Å². The summed E-state index contributed by atoms with van der Waals surface area (Å²) in [6.07, 6.45) is 4.42. The molecule has 0 N–H and O–H groups in total. The highest BCUT2D eigenvalue weighted by atomic mass is 35.5. The maximum absolute atomic E-state index is 6.83. The fraction of sp³-hybridized carbons (Fsp3) is 0.455. The zero-order valence-electron chi connectivity index (χ0n) is 16.0. The van der Waals surface area contributed by atoms with E-state index in [-0.39, 0.29) is 10.6 Å². The molecule has 0 spiro atoms. The van der Waals surface area contributed by atoms with Gasteiger partial charge in [0, 0.05) is 0 Å². The molecule has 2 aromatic carbocycles. The molecule has 2 aromatic rings. The van der Waals surface area contributed by atoms with Crippen molar-refractivity contribution in [2.75, 3.05) is 0 Å². The van der Waals surface area contributed by atoms with Crippen LogP contribution in [-0.4, -0.2) is 13.9 Å². The maximum Gasteiger partial charge on any atom is 0.263 e. The molecule has 0 aromatic heterocycles. The molecule has 1 unspecified atom stereocenters. The average molecular weight is 375 g/mol. The SMILES string of the molecule is CCCCCC(Cl)O[Si](c1ccccc1)(c1ccccc1)C(C)(C)C. The lowest BCUT2D eigenvalue weighted by Crippen LogP contribution is -2.67. The Labute approximate surface area is 159 Å². The minimum Gasteiger partial charge on any atom is -0.391 e. The van der Waals surface area contributed by atoms with E-state index in [1.165, 1.54) is 23.2 Å². The fourth-order valence-electron chi connectivity index (χ4n) is 3.50. The van der Waals surface area contributed by atoms with E-state index < -0.39 is 8.32 Å². The van der Waals surface area contributed by atoms with E-state index in [2.05, 4.69) is 88.4 Å². The molecule has 1 atom stereocenters. The largest absolute Gasteiger partial charge is 0.391 e. The summed E-state index contributed by atoms with van der Waals surface area (Å²) in [4.78, 5) is 0. The summed E-state index contributed by atoms with van der Waals surface area (Å²) in [6.45, 7) is 9.07. The van der Waals surface area contributed by atoms with E-state index in [0.717, 1.165) is 12.8 Å². The summed E-state index contributed by atoms with van der Waals surface area (Å²) in [5, 5.41) is 2.55. The first-order valence-electron chi connectivity index (χ1n) is 9.34. The molecule has 0 aliphatic carbocycles. The number of alkyl halides is 1. The molecule has 0 bridgehead atoms. The fourth-order valence-corrected chi connectivity index (χ4v) is 8.57. The van der Waals surface area contributed by atoms with E-state index in [9.17, 15) is 0 Å². The van der Waals surface area contributed by atoms with Gasteiger partial charge in [-0.05, 0) is 28.3 Å². The smallest absolute Gasteiger partial charge is 0.263 e. The van der Waals surface area contributed by atoms with Crippen LogP contribution in [0.25, 0.3) is 0 Å². The molecule has 0 fully saturated rings. The van der Waals surface area contributed by atoms with Crippen LogP contribution >= 0.6 is 11.6 Å². The van der Waals surface area contributed by atoms with Crippen molar-refractivity contribution >= 4 is 30.3 Å². The van der Waals surface area contributed by atoms with Gasteiger partial charge in [-0.25, -0.2) is 0 Å². The standard InChI is InChI=1S/C22H31ClOSi/c1-5-6-9-18-21(23)24-25(22(2,3)4,19-14-10-7-11-15-19)20-16-12-8-13-17-20/h7-8,10-17,21H,5-6,9,18H2,1-4H3. The first-order chi connectivity index (χ1) is 11.9. The molecule has 0 heterocycles. The molecule has 0 radical (unpaired) electrons. The number of hydrogen-bond acceptors (Lipinski definition) is 1. The Morgan fingerprint density at radius 2 is 1.36 bits per heavy atom. The van der Waals surface area contributed by atoms with Crippen LogP contribution < -0.4 is 10.4 Å². The minimum atomic E-state index is -2.50. The van der Waals surface area contributed by atoms with E-state index in [0.29, 0.717) is 0 Å². The second kappa shape index (κ2) is 9.02. The van der Waals surface area contributed by atoms with Crippen molar-refractivity contribution in [3.05, 3.63) is 60.7 Å². The number of rotatable bonds is 8. The molecule has 136 valence electrons. The van der Waals surface area contributed by atoms with Crippen molar-refractivity contribution in [1.82, 2.24) is 0 Å². The summed E-state index contributed by atoms with van der Waals surface area (Å²) in [5.74, 6) is 0. The van der Waals surface area contributed by atoms with Crippen LogP contribution in [0.5, 0.6) is 0 Å². The highest BCUT2D eigenvalue weighted by Crippen LogP contribution is 2.38. The van der Waals surface area contributed by atoms with Gasteiger partial charge < -0.3 is 4.43 Å². The third-order valence-corrected chi connectivity index (χ3v) is 10.3. The lowest BCUT2D eigenvalue weighted by atomic mass is 10.2. The third-order valence-electron chi connectivity index (χ3n) is 4.76. The molecule has 0 saturated carbocycles. The van der Waals surface area contributed by atoms with E-state index in [4.69, 9.17) is 16.0 Å². The zero-order chi connectivity index (χ0) is 18.3. The van der Waals surface area contributed by atoms with Crippen LogP contribution in [0.4, 0.5) is 0 Å².